The SMILES string of the molecule is [B]C1=CC=C(C2(C)N=C(N)N(C)C(=C)C23Cc2ccccc23)C1. The number of fused-ring (bicyclic) bond motifs is 2. The Morgan fingerprint density at radius 1 is 1.30 bits per heavy atom. The van der Waals surface area contributed by atoms with Gasteiger partial charge >= 0.3 is 0 Å². The average Bonchev–Trinajstić information content (AvgIpc) is 2.93. The van der Waals surface area contributed by atoms with Crippen molar-refractivity contribution >= 4 is 13.8 Å². The van der Waals surface area contributed by atoms with Crippen molar-refractivity contribution in [1.82, 2.24) is 4.90 Å². The van der Waals surface area contributed by atoms with E-state index < -0.39 is 5.54 Å². The van der Waals surface area contributed by atoms with Crippen molar-refractivity contribution in [2.24, 2.45) is 10.7 Å². The second-order valence-electron chi connectivity index (χ2n) is 6.90. The van der Waals surface area contributed by atoms with Gasteiger partial charge in [0.15, 0.2) is 5.96 Å². The Morgan fingerprint density at radius 3 is 2.70 bits per heavy atom. The van der Waals surface area contributed by atoms with E-state index in [9.17, 15) is 0 Å². The van der Waals surface area contributed by atoms with Crippen molar-refractivity contribution in [2.45, 2.75) is 30.7 Å². The van der Waals surface area contributed by atoms with Crippen molar-refractivity contribution in [3.63, 3.8) is 0 Å². The number of benzene rings is 1. The lowest BCUT2D eigenvalue weighted by molar-refractivity contribution is 0.225. The number of guanidine groups is 1. The summed E-state index contributed by atoms with van der Waals surface area (Å²) in [7, 11) is 7.97. The first-order valence-corrected chi connectivity index (χ1v) is 7.92. The monoisotopic (exact) mass is 301 g/mol. The van der Waals surface area contributed by atoms with Gasteiger partial charge in [-0.25, -0.2) is 4.99 Å². The molecule has 4 heteroatoms. The average molecular weight is 301 g/mol. The van der Waals surface area contributed by atoms with Crippen LogP contribution in [0.2, 0.25) is 0 Å². The fourth-order valence-electron chi connectivity index (χ4n) is 4.39. The Labute approximate surface area is 138 Å². The van der Waals surface area contributed by atoms with Crippen LogP contribution in [0, 0.1) is 0 Å². The predicted octanol–water partition coefficient (Wildman–Crippen LogP) is 2.40. The van der Waals surface area contributed by atoms with Crippen molar-refractivity contribution in [1.29, 1.82) is 0 Å². The summed E-state index contributed by atoms with van der Waals surface area (Å²) in [6.45, 7) is 6.57. The molecule has 0 aromatic heterocycles. The highest BCUT2D eigenvalue weighted by Crippen LogP contribution is 2.59. The molecule has 2 radical (unpaired) electrons. The first-order chi connectivity index (χ1) is 10.9. The maximum atomic E-state index is 6.21. The van der Waals surface area contributed by atoms with Gasteiger partial charge < -0.3 is 10.6 Å². The molecule has 3 aliphatic rings. The van der Waals surface area contributed by atoms with E-state index in [0.717, 1.165) is 24.0 Å². The molecule has 0 bridgehead atoms. The lowest BCUT2D eigenvalue weighted by atomic mass is 9.50. The third-order valence-corrected chi connectivity index (χ3v) is 5.86. The quantitative estimate of drug-likeness (QED) is 0.809. The summed E-state index contributed by atoms with van der Waals surface area (Å²) >= 11 is 0. The van der Waals surface area contributed by atoms with E-state index in [1.54, 1.807) is 0 Å². The third-order valence-electron chi connectivity index (χ3n) is 5.86. The van der Waals surface area contributed by atoms with E-state index in [0.29, 0.717) is 5.96 Å². The molecule has 4 rings (SSSR count). The van der Waals surface area contributed by atoms with Gasteiger partial charge in [-0.15, -0.1) is 5.47 Å². The summed E-state index contributed by atoms with van der Waals surface area (Å²) < 4.78 is 0. The Bertz CT molecular complexity index is 820. The molecule has 3 nitrogen and oxygen atoms in total. The number of hydrogen-bond acceptors (Lipinski definition) is 3. The van der Waals surface area contributed by atoms with E-state index in [2.05, 4.69) is 43.8 Å². The van der Waals surface area contributed by atoms with Crippen LogP contribution in [-0.4, -0.2) is 31.3 Å². The van der Waals surface area contributed by atoms with E-state index >= 15 is 0 Å². The zero-order chi connectivity index (χ0) is 16.4. The Kier molecular flexibility index (Phi) is 2.75. The maximum absolute atomic E-state index is 6.21. The lowest BCUT2D eigenvalue weighted by Gasteiger charge is -2.59. The van der Waals surface area contributed by atoms with Gasteiger partial charge in [0.05, 0.1) is 11.0 Å². The van der Waals surface area contributed by atoms with Crippen LogP contribution in [-0.2, 0) is 11.8 Å². The van der Waals surface area contributed by atoms with Crippen LogP contribution in [0.5, 0.6) is 0 Å². The lowest BCUT2D eigenvalue weighted by Crippen LogP contribution is -2.64. The first-order valence-electron chi connectivity index (χ1n) is 7.92. The number of nitrogens with two attached hydrogens (primary N) is 1. The molecule has 23 heavy (non-hydrogen) atoms. The minimum atomic E-state index is -0.452. The Hall–Kier alpha value is -2.23. The van der Waals surface area contributed by atoms with Crippen molar-refractivity contribution in [2.75, 3.05) is 7.05 Å². The van der Waals surface area contributed by atoms with Crippen LogP contribution in [0.15, 0.2) is 64.7 Å². The molecule has 1 aromatic rings. The molecule has 0 fully saturated rings. The first kappa shape index (κ1) is 14.4. The van der Waals surface area contributed by atoms with Crippen LogP contribution in [0.4, 0.5) is 0 Å². The zero-order valence-electron chi connectivity index (χ0n) is 13.6. The van der Waals surface area contributed by atoms with Gasteiger partial charge in [0.2, 0.25) is 0 Å². The van der Waals surface area contributed by atoms with E-state index in [1.165, 1.54) is 16.7 Å². The molecule has 2 unspecified atom stereocenters. The van der Waals surface area contributed by atoms with E-state index in [-0.39, 0.29) is 5.41 Å². The van der Waals surface area contributed by atoms with Crippen LogP contribution in [0.25, 0.3) is 0 Å². The number of allylic oxidation sites excluding steroid dienone is 3. The van der Waals surface area contributed by atoms with Crippen molar-refractivity contribution in [3.8, 4) is 0 Å². The summed E-state index contributed by atoms with van der Waals surface area (Å²) in [6, 6.07) is 8.56. The number of likely N-dealkylation sites (N-methyl/N-ethyl adjacent to an activating group) is 1. The molecule has 1 aliphatic heterocycles. The molecule has 1 spiro atoms. The topological polar surface area (TPSA) is 41.6 Å². The third kappa shape index (κ3) is 1.59. The van der Waals surface area contributed by atoms with Crippen LogP contribution < -0.4 is 5.73 Å². The highest BCUT2D eigenvalue weighted by molar-refractivity contribution is 6.22. The molecule has 1 aromatic carbocycles. The fraction of sp³-hybridized carbons (Fsp3) is 0.316. The standard InChI is InChI=1S/C19H20BN3/c1-12-19(11-13-6-4-5-7-16(13)19)18(2,22-17(21)23(12)3)14-8-9-15(20)10-14/h4-9H,1,10-11H2,2-3H3,(H2,21,22). The molecule has 2 aliphatic carbocycles. The van der Waals surface area contributed by atoms with Gasteiger partial charge in [-0.1, -0.05) is 43.0 Å². The second-order valence-corrected chi connectivity index (χ2v) is 6.90. The van der Waals surface area contributed by atoms with Gasteiger partial charge in [0.1, 0.15) is 7.85 Å². The minimum absolute atomic E-state index is 0.245. The number of hydrogen-bond donors (Lipinski definition) is 1. The summed E-state index contributed by atoms with van der Waals surface area (Å²) in [5, 5.41) is 0. The molecule has 114 valence electrons. The number of nitrogens with zero attached hydrogens (tertiary/aromatic N) is 2. The molecule has 2 N–H and O–H groups in total. The zero-order valence-corrected chi connectivity index (χ0v) is 13.6. The molecule has 2 atom stereocenters. The van der Waals surface area contributed by atoms with Crippen LogP contribution in [0.3, 0.4) is 0 Å². The minimum Gasteiger partial charge on any atom is -0.370 e. The summed E-state index contributed by atoms with van der Waals surface area (Å²) in [6.07, 6.45) is 5.75. The van der Waals surface area contributed by atoms with Gasteiger partial charge in [-0.2, -0.15) is 0 Å². The highest BCUT2D eigenvalue weighted by Gasteiger charge is 2.62. The van der Waals surface area contributed by atoms with Crippen molar-refractivity contribution in [3.05, 3.63) is 70.9 Å². The number of rotatable bonds is 1. The second kappa shape index (κ2) is 4.41. The fourth-order valence-corrected chi connectivity index (χ4v) is 4.39. The van der Waals surface area contributed by atoms with Crippen LogP contribution >= 0.6 is 0 Å². The molecular formula is C19H20BN3. The van der Waals surface area contributed by atoms with E-state index in [1.807, 2.05) is 18.0 Å². The predicted molar refractivity (Wildman–Crippen MR) is 95.3 cm³/mol. The molecule has 0 saturated heterocycles. The Morgan fingerprint density at radius 2 is 2.04 bits per heavy atom. The molecule has 1 heterocycles. The molecular weight excluding hydrogens is 281 g/mol. The summed E-state index contributed by atoms with van der Waals surface area (Å²) in [4.78, 5) is 6.86. The molecule has 0 amide bonds. The Balaban J connectivity index is 1.94. The number of aliphatic imine (C=N–C) groups is 1. The summed E-state index contributed by atoms with van der Waals surface area (Å²) in [5.41, 5.74) is 11.3. The normalized spacial score (nSPS) is 32.2. The van der Waals surface area contributed by atoms with Crippen LogP contribution in [0.1, 0.15) is 24.5 Å². The molecule has 0 saturated carbocycles. The van der Waals surface area contributed by atoms with Gasteiger partial charge in [0.25, 0.3) is 0 Å². The highest BCUT2D eigenvalue weighted by atomic mass is 15.3. The summed E-state index contributed by atoms with van der Waals surface area (Å²) in [5.74, 6) is 0.513. The van der Waals surface area contributed by atoms with Gasteiger partial charge in [-0.05, 0) is 36.5 Å². The van der Waals surface area contributed by atoms with Gasteiger partial charge in [-0.3, -0.25) is 0 Å². The van der Waals surface area contributed by atoms with E-state index in [4.69, 9.17) is 18.6 Å². The maximum Gasteiger partial charge on any atom is 0.196 e. The smallest absolute Gasteiger partial charge is 0.196 e. The largest absolute Gasteiger partial charge is 0.370 e. The van der Waals surface area contributed by atoms with Gasteiger partial charge in [0, 0.05) is 12.7 Å². The van der Waals surface area contributed by atoms with Crippen molar-refractivity contribution < 1.29 is 0 Å².